The van der Waals surface area contributed by atoms with E-state index in [0.29, 0.717) is 0 Å². The maximum absolute atomic E-state index is 6.47. The molecule has 0 bridgehead atoms. The van der Waals surface area contributed by atoms with Crippen molar-refractivity contribution >= 4 is 38.5 Å². The Balaban J connectivity index is 2.33. The smallest absolute Gasteiger partial charge is 0.0766 e. The van der Waals surface area contributed by atoms with Crippen LogP contribution in [0.1, 0.15) is 42.4 Å². The third-order valence-electron chi connectivity index (χ3n) is 3.73. The molecule has 1 aromatic heterocycles. The van der Waals surface area contributed by atoms with Crippen molar-refractivity contribution in [3.63, 3.8) is 0 Å². The van der Waals surface area contributed by atoms with Crippen molar-refractivity contribution in [1.82, 2.24) is 9.78 Å². The lowest BCUT2D eigenvalue weighted by Crippen LogP contribution is -2.18. The molecule has 0 saturated heterocycles. The van der Waals surface area contributed by atoms with Gasteiger partial charge in [-0.1, -0.05) is 25.1 Å². The summed E-state index contributed by atoms with van der Waals surface area (Å²) < 4.78 is 4.44. The first-order valence-corrected chi connectivity index (χ1v) is 9.11. The van der Waals surface area contributed by atoms with Gasteiger partial charge in [0.1, 0.15) is 0 Å². The highest BCUT2D eigenvalue weighted by Crippen LogP contribution is 2.29. The van der Waals surface area contributed by atoms with Gasteiger partial charge in [-0.15, -0.1) is 0 Å². The van der Waals surface area contributed by atoms with Crippen LogP contribution >= 0.6 is 38.5 Å². The Kier molecular flexibility index (Phi) is 5.85. The van der Waals surface area contributed by atoms with Crippen molar-refractivity contribution < 1.29 is 0 Å². The first-order valence-electron chi connectivity index (χ1n) is 7.24. The zero-order chi connectivity index (χ0) is 15.6. The van der Waals surface area contributed by atoms with Gasteiger partial charge in [-0.25, -0.2) is 0 Å². The predicted octanol–water partition coefficient (Wildman–Crippen LogP) is 4.38. The number of nitrogens with two attached hydrogens (primary N) is 1. The highest BCUT2D eigenvalue weighted by molar-refractivity contribution is 14.1. The van der Waals surface area contributed by atoms with Crippen LogP contribution in [0.15, 0.2) is 22.7 Å². The average Bonchev–Trinajstić information content (AvgIpc) is 2.78. The Labute approximate surface area is 148 Å². The molecule has 2 N–H and O–H groups in total. The molecule has 21 heavy (non-hydrogen) atoms. The molecule has 2 aromatic rings. The van der Waals surface area contributed by atoms with Gasteiger partial charge >= 0.3 is 0 Å². The summed E-state index contributed by atoms with van der Waals surface area (Å²) in [4.78, 5) is 0. The van der Waals surface area contributed by atoms with E-state index in [-0.39, 0.29) is 6.04 Å². The zero-order valence-electron chi connectivity index (χ0n) is 12.7. The third kappa shape index (κ3) is 3.51. The van der Waals surface area contributed by atoms with Gasteiger partial charge < -0.3 is 5.73 Å². The minimum Gasteiger partial charge on any atom is -0.324 e. The number of rotatable bonds is 5. The molecule has 3 nitrogen and oxygen atoms in total. The van der Waals surface area contributed by atoms with E-state index in [1.54, 1.807) is 0 Å². The van der Waals surface area contributed by atoms with Crippen LogP contribution in [-0.4, -0.2) is 9.78 Å². The SMILES string of the molecule is CCc1nn(CC)c(CC(N)c2cccc(C)c2I)c1Br. The summed E-state index contributed by atoms with van der Waals surface area (Å²) in [5.41, 5.74) is 11.3. The Hall–Kier alpha value is -0.400. The van der Waals surface area contributed by atoms with Crippen molar-refractivity contribution in [2.75, 3.05) is 0 Å². The second kappa shape index (κ2) is 7.24. The molecule has 1 aromatic carbocycles. The molecule has 0 aliphatic rings. The van der Waals surface area contributed by atoms with Gasteiger partial charge in [-0.2, -0.15) is 5.10 Å². The summed E-state index contributed by atoms with van der Waals surface area (Å²) in [5.74, 6) is 0. The summed E-state index contributed by atoms with van der Waals surface area (Å²) >= 11 is 6.08. The van der Waals surface area contributed by atoms with Crippen LogP contribution in [0.2, 0.25) is 0 Å². The maximum atomic E-state index is 6.47. The molecular formula is C16H21BrIN3. The lowest BCUT2D eigenvalue weighted by molar-refractivity contribution is 0.583. The molecule has 1 heterocycles. The summed E-state index contributed by atoms with van der Waals surface area (Å²) in [6.07, 6.45) is 1.72. The average molecular weight is 462 g/mol. The van der Waals surface area contributed by atoms with E-state index in [2.05, 4.69) is 87.3 Å². The molecule has 0 saturated carbocycles. The predicted molar refractivity (Wildman–Crippen MR) is 99.5 cm³/mol. The summed E-state index contributed by atoms with van der Waals surface area (Å²) in [5, 5.41) is 4.65. The summed E-state index contributed by atoms with van der Waals surface area (Å²) in [6, 6.07) is 6.32. The van der Waals surface area contributed by atoms with E-state index in [4.69, 9.17) is 5.73 Å². The number of halogens is 2. The topological polar surface area (TPSA) is 43.8 Å². The fourth-order valence-corrected chi connectivity index (χ4v) is 3.97. The molecule has 0 aliphatic heterocycles. The van der Waals surface area contributed by atoms with Crippen LogP contribution in [0.25, 0.3) is 0 Å². The van der Waals surface area contributed by atoms with Gasteiger partial charge in [0.05, 0.1) is 15.9 Å². The van der Waals surface area contributed by atoms with Crippen molar-refractivity contribution in [2.45, 2.75) is 46.2 Å². The Morgan fingerprint density at radius 1 is 1.38 bits per heavy atom. The summed E-state index contributed by atoms with van der Waals surface area (Å²) in [7, 11) is 0. The molecule has 1 unspecified atom stereocenters. The highest BCUT2D eigenvalue weighted by atomic mass is 127. The Bertz CT molecular complexity index is 637. The second-order valence-corrected chi connectivity index (χ2v) is 7.04. The lowest BCUT2D eigenvalue weighted by Gasteiger charge is -2.16. The van der Waals surface area contributed by atoms with Crippen LogP contribution in [0.4, 0.5) is 0 Å². The van der Waals surface area contributed by atoms with Crippen molar-refractivity contribution in [2.24, 2.45) is 5.73 Å². The van der Waals surface area contributed by atoms with Crippen LogP contribution in [0.5, 0.6) is 0 Å². The highest BCUT2D eigenvalue weighted by Gasteiger charge is 2.19. The van der Waals surface area contributed by atoms with Crippen LogP contribution in [0.3, 0.4) is 0 Å². The normalized spacial score (nSPS) is 12.7. The van der Waals surface area contributed by atoms with Crippen LogP contribution in [-0.2, 0) is 19.4 Å². The molecule has 114 valence electrons. The number of benzene rings is 1. The number of hydrogen-bond acceptors (Lipinski definition) is 2. The van der Waals surface area contributed by atoms with E-state index < -0.39 is 0 Å². The van der Waals surface area contributed by atoms with Crippen molar-refractivity contribution in [1.29, 1.82) is 0 Å². The molecular weight excluding hydrogens is 441 g/mol. The maximum Gasteiger partial charge on any atom is 0.0766 e. The van der Waals surface area contributed by atoms with E-state index >= 15 is 0 Å². The Morgan fingerprint density at radius 3 is 2.71 bits per heavy atom. The zero-order valence-corrected chi connectivity index (χ0v) is 16.4. The molecule has 0 spiro atoms. The van der Waals surface area contributed by atoms with E-state index in [1.807, 2.05) is 0 Å². The third-order valence-corrected chi connectivity index (χ3v) is 6.12. The van der Waals surface area contributed by atoms with Gasteiger partial charge in [-0.05, 0) is 69.9 Å². The lowest BCUT2D eigenvalue weighted by atomic mass is 10.0. The molecule has 0 radical (unpaired) electrons. The minimum absolute atomic E-state index is 0.0141. The van der Waals surface area contributed by atoms with E-state index in [0.717, 1.165) is 29.6 Å². The fourth-order valence-electron chi connectivity index (χ4n) is 2.49. The molecule has 5 heteroatoms. The molecule has 0 aliphatic carbocycles. The molecule has 0 amide bonds. The van der Waals surface area contributed by atoms with Crippen LogP contribution < -0.4 is 5.73 Å². The first-order chi connectivity index (χ1) is 9.99. The van der Waals surface area contributed by atoms with Crippen molar-refractivity contribution in [3.05, 3.63) is 48.8 Å². The minimum atomic E-state index is -0.0141. The molecule has 2 rings (SSSR count). The van der Waals surface area contributed by atoms with Crippen molar-refractivity contribution in [3.8, 4) is 0 Å². The molecule has 1 atom stereocenters. The first kappa shape index (κ1) is 17.0. The quantitative estimate of drug-likeness (QED) is 0.671. The van der Waals surface area contributed by atoms with Crippen LogP contribution in [0, 0.1) is 10.5 Å². The largest absolute Gasteiger partial charge is 0.324 e. The standard InChI is InChI=1S/C16H21BrIN3/c1-4-13-15(17)14(21(5-2)20-13)9-12(19)11-8-6-7-10(3)16(11)18/h6-8,12H,4-5,9,19H2,1-3H3. The Morgan fingerprint density at radius 2 is 2.10 bits per heavy atom. The fraction of sp³-hybridized carbons (Fsp3) is 0.438. The number of aryl methyl sites for hydroxylation is 3. The summed E-state index contributed by atoms with van der Waals surface area (Å²) in [6.45, 7) is 7.23. The monoisotopic (exact) mass is 461 g/mol. The number of aromatic nitrogens is 2. The van der Waals surface area contributed by atoms with Gasteiger partial charge in [0.25, 0.3) is 0 Å². The van der Waals surface area contributed by atoms with E-state index in [9.17, 15) is 0 Å². The van der Waals surface area contributed by atoms with Gasteiger partial charge in [0.2, 0.25) is 0 Å². The van der Waals surface area contributed by atoms with E-state index in [1.165, 1.54) is 20.4 Å². The van der Waals surface area contributed by atoms with Gasteiger partial charge in [0.15, 0.2) is 0 Å². The van der Waals surface area contributed by atoms with Gasteiger partial charge in [0, 0.05) is 22.6 Å². The molecule has 0 fully saturated rings. The number of nitrogens with zero attached hydrogens (tertiary/aromatic N) is 2. The second-order valence-electron chi connectivity index (χ2n) is 5.17. The van der Waals surface area contributed by atoms with Gasteiger partial charge in [-0.3, -0.25) is 4.68 Å². The number of hydrogen-bond donors (Lipinski definition) is 1.